The zero-order valence-electron chi connectivity index (χ0n) is 10.8. The molecule has 0 radical (unpaired) electrons. The molecule has 0 aliphatic rings. The summed E-state index contributed by atoms with van der Waals surface area (Å²) in [5.41, 5.74) is 0. The van der Waals surface area contributed by atoms with Gasteiger partial charge in [0.15, 0.2) is 0 Å². The molecule has 1 N–H and O–H groups in total. The van der Waals surface area contributed by atoms with Crippen LogP contribution in [0.4, 0.5) is 0 Å². The number of carboxylic acids is 1. The average molecular weight is 331 g/mol. The van der Waals surface area contributed by atoms with E-state index in [1.54, 1.807) is 6.92 Å². The van der Waals surface area contributed by atoms with Gasteiger partial charge in [-0.1, -0.05) is 6.07 Å². The number of nitrogens with zero attached hydrogens (tertiary/aromatic N) is 1. The average Bonchev–Trinajstić information content (AvgIpc) is 3.07. The van der Waals surface area contributed by atoms with Crippen molar-refractivity contribution in [2.75, 3.05) is 7.05 Å². The first-order chi connectivity index (χ1) is 9.34. The van der Waals surface area contributed by atoms with Gasteiger partial charge in [0.2, 0.25) is 0 Å². The third kappa shape index (κ3) is 2.78. The number of rotatable bonds is 5. The van der Waals surface area contributed by atoms with Crippen molar-refractivity contribution in [3.05, 3.63) is 39.4 Å². The van der Waals surface area contributed by atoms with E-state index in [9.17, 15) is 13.2 Å². The Morgan fingerprint density at radius 1 is 1.35 bits per heavy atom. The highest BCUT2D eigenvalue weighted by atomic mass is 32.2. The van der Waals surface area contributed by atoms with Gasteiger partial charge in [-0.25, -0.2) is 13.2 Å². The number of carboxylic acid groups (broad SMARTS) is 1. The van der Waals surface area contributed by atoms with E-state index in [2.05, 4.69) is 0 Å². The molecule has 2 aromatic rings. The van der Waals surface area contributed by atoms with Gasteiger partial charge in [0.05, 0.1) is 6.04 Å². The van der Waals surface area contributed by atoms with Gasteiger partial charge >= 0.3 is 5.97 Å². The van der Waals surface area contributed by atoms with E-state index in [0.717, 1.165) is 16.2 Å². The van der Waals surface area contributed by atoms with E-state index in [0.29, 0.717) is 0 Å². The van der Waals surface area contributed by atoms with Crippen LogP contribution in [0.5, 0.6) is 0 Å². The molecule has 0 amide bonds. The van der Waals surface area contributed by atoms with Crippen LogP contribution in [0.25, 0.3) is 0 Å². The van der Waals surface area contributed by atoms with Crippen LogP contribution in [0.3, 0.4) is 0 Å². The predicted octanol–water partition coefficient (Wildman–Crippen LogP) is 2.89. The zero-order chi connectivity index (χ0) is 14.9. The van der Waals surface area contributed by atoms with Crippen LogP contribution >= 0.6 is 22.7 Å². The Morgan fingerprint density at radius 2 is 2.05 bits per heavy atom. The molecule has 1 unspecified atom stereocenters. The van der Waals surface area contributed by atoms with Crippen LogP contribution in [0.2, 0.25) is 0 Å². The van der Waals surface area contributed by atoms with Gasteiger partial charge in [-0.3, -0.25) is 0 Å². The first-order valence-electron chi connectivity index (χ1n) is 5.68. The fourth-order valence-electron chi connectivity index (χ4n) is 1.63. The zero-order valence-corrected chi connectivity index (χ0v) is 13.3. The van der Waals surface area contributed by atoms with Crippen molar-refractivity contribution in [1.82, 2.24) is 4.31 Å². The van der Waals surface area contributed by atoms with Crippen LogP contribution in [0.15, 0.2) is 33.9 Å². The first kappa shape index (κ1) is 15.2. The molecule has 0 aliphatic heterocycles. The minimum Gasteiger partial charge on any atom is -0.477 e. The normalized spacial score (nSPS) is 13.6. The van der Waals surface area contributed by atoms with E-state index >= 15 is 0 Å². The quantitative estimate of drug-likeness (QED) is 0.914. The molecule has 0 saturated carbocycles. The lowest BCUT2D eigenvalue weighted by Gasteiger charge is -2.22. The summed E-state index contributed by atoms with van der Waals surface area (Å²) in [4.78, 5) is 11.8. The lowest BCUT2D eigenvalue weighted by atomic mass is 10.3. The molecule has 0 bridgehead atoms. The summed E-state index contributed by atoms with van der Waals surface area (Å²) in [7, 11) is -2.18. The van der Waals surface area contributed by atoms with Gasteiger partial charge in [-0.05, 0) is 30.5 Å². The number of sulfonamides is 1. The maximum Gasteiger partial charge on any atom is 0.345 e. The Balaban J connectivity index is 2.31. The van der Waals surface area contributed by atoms with E-state index < -0.39 is 16.0 Å². The molecule has 20 heavy (non-hydrogen) atoms. The topological polar surface area (TPSA) is 74.7 Å². The SMILES string of the molecule is CC(c1cccs1)N(C)S(=O)(=O)c1ccc(C(=O)O)s1. The molecule has 2 heterocycles. The largest absolute Gasteiger partial charge is 0.477 e. The maximum absolute atomic E-state index is 12.5. The number of aromatic carboxylic acids is 1. The molecule has 108 valence electrons. The summed E-state index contributed by atoms with van der Waals surface area (Å²) in [5, 5.41) is 10.8. The van der Waals surface area contributed by atoms with Crippen molar-refractivity contribution < 1.29 is 18.3 Å². The summed E-state index contributed by atoms with van der Waals surface area (Å²) in [6, 6.07) is 6.09. The summed E-state index contributed by atoms with van der Waals surface area (Å²) >= 11 is 2.25. The highest BCUT2D eigenvalue weighted by molar-refractivity contribution is 7.91. The minimum atomic E-state index is -3.68. The van der Waals surface area contributed by atoms with Gasteiger partial charge in [-0.2, -0.15) is 4.31 Å². The number of hydrogen-bond donors (Lipinski definition) is 1. The Kier molecular flexibility index (Phi) is 4.28. The van der Waals surface area contributed by atoms with Gasteiger partial charge in [0.25, 0.3) is 10.0 Å². The number of carbonyl (C=O) groups is 1. The molecule has 0 aliphatic carbocycles. The fourth-order valence-corrected chi connectivity index (χ4v) is 5.20. The fraction of sp³-hybridized carbons (Fsp3) is 0.250. The number of thiophene rings is 2. The third-order valence-electron chi connectivity index (χ3n) is 2.93. The monoisotopic (exact) mass is 331 g/mol. The molecule has 2 aromatic heterocycles. The van der Waals surface area contributed by atoms with Crippen LogP contribution in [-0.2, 0) is 10.0 Å². The van der Waals surface area contributed by atoms with Gasteiger partial charge < -0.3 is 5.11 Å². The second-order valence-corrected chi connectivity index (χ2v) is 8.42. The van der Waals surface area contributed by atoms with Gasteiger partial charge in [0, 0.05) is 11.9 Å². The summed E-state index contributed by atoms with van der Waals surface area (Å²) < 4.78 is 26.2. The van der Waals surface area contributed by atoms with Crippen LogP contribution in [-0.4, -0.2) is 30.8 Å². The Labute approximate surface area is 125 Å². The molecule has 0 fully saturated rings. The molecular weight excluding hydrogens is 318 g/mol. The van der Waals surface area contributed by atoms with Crippen molar-refractivity contribution in [1.29, 1.82) is 0 Å². The van der Waals surface area contributed by atoms with Gasteiger partial charge in [-0.15, -0.1) is 22.7 Å². The molecule has 2 rings (SSSR count). The lowest BCUT2D eigenvalue weighted by Crippen LogP contribution is -2.28. The molecule has 5 nitrogen and oxygen atoms in total. The molecule has 0 spiro atoms. The van der Waals surface area contributed by atoms with E-state index in [1.807, 2.05) is 17.5 Å². The Bertz CT molecular complexity index is 703. The maximum atomic E-state index is 12.5. The molecule has 1 atom stereocenters. The number of hydrogen-bond acceptors (Lipinski definition) is 5. The third-order valence-corrected chi connectivity index (χ3v) is 7.44. The Morgan fingerprint density at radius 3 is 2.55 bits per heavy atom. The van der Waals surface area contributed by atoms with Crippen molar-refractivity contribution in [2.45, 2.75) is 17.2 Å². The molecule has 8 heteroatoms. The van der Waals surface area contributed by atoms with Crippen LogP contribution < -0.4 is 0 Å². The highest BCUT2D eigenvalue weighted by Crippen LogP contribution is 2.31. The standard InChI is InChI=1S/C12H13NO4S3/c1-8(9-4-3-7-18-9)13(2)20(16,17)11-6-5-10(19-11)12(14)15/h3-8H,1-2H3,(H,14,15). The summed E-state index contributed by atoms with van der Waals surface area (Å²) in [6.07, 6.45) is 0. The lowest BCUT2D eigenvalue weighted by molar-refractivity contribution is 0.0702. The van der Waals surface area contributed by atoms with Crippen LogP contribution in [0.1, 0.15) is 27.5 Å². The second-order valence-electron chi connectivity index (χ2n) is 4.14. The molecular formula is C12H13NO4S3. The predicted molar refractivity (Wildman–Crippen MR) is 79.0 cm³/mol. The highest BCUT2D eigenvalue weighted by Gasteiger charge is 2.28. The smallest absolute Gasteiger partial charge is 0.345 e. The van der Waals surface area contributed by atoms with Crippen LogP contribution in [0, 0.1) is 0 Å². The molecule has 0 saturated heterocycles. The first-order valence-corrected chi connectivity index (χ1v) is 8.82. The summed E-state index contributed by atoms with van der Waals surface area (Å²) in [6.45, 7) is 1.80. The van der Waals surface area contributed by atoms with E-state index in [4.69, 9.17) is 5.11 Å². The van der Waals surface area contributed by atoms with E-state index in [-0.39, 0.29) is 15.1 Å². The van der Waals surface area contributed by atoms with Crippen molar-refractivity contribution in [3.63, 3.8) is 0 Å². The Hall–Kier alpha value is -1.22. The molecule has 0 aromatic carbocycles. The van der Waals surface area contributed by atoms with Gasteiger partial charge in [0.1, 0.15) is 9.09 Å². The van der Waals surface area contributed by atoms with E-state index in [1.165, 1.54) is 34.8 Å². The van der Waals surface area contributed by atoms with Crippen molar-refractivity contribution >= 4 is 38.7 Å². The van der Waals surface area contributed by atoms with Crippen molar-refractivity contribution in [3.8, 4) is 0 Å². The second kappa shape index (κ2) is 5.65. The minimum absolute atomic E-state index is 0.0146. The van der Waals surface area contributed by atoms with Crippen molar-refractivity contribution in [2.24, 2.45) is 0 Å². The summed E-state index contributed by atoms with van der Waals surface area (Å²) in [5.74, 6) is -1.12.